The summed E-state index contributed by atoms with van der Waals surface area (Å²) in [5.74, 6) is 0.238. The van der Waals surface area contributed by atoms with E-state index < -0.39 is 0 Å². The average Bonchev–Trinajstić information content (AvgIpc) is 2.58. The molecule has 5 heteroatoms. The highest BCUT2D eigenvalue weighted by molar-refractivity contribution is 5.46. The Morgan fingerprint density at radius 3 is 2.71 bits per heavy atom. The lowest BCUT2D eigenvalue weighted by molar-refractivity contribution is 0.148. The number of hydrogen-bond acceptors (Lipinski definition) is 5. The molecule has 0 unspecified atom stereocenters. The van der Waals surface area contributed by atoms with Crippen molar-refractivity contribution in [3.63, 3.8) is 0 Å². The summed E-state index contributed by atoms with van der Waals surface area (Å²) in [7, 11) is 2.18. The molecular formula is C19H26N4O. The van der Waals surface area contributed by atoms with Gasteiger partial charge >= 0.3 is 0 Å². The number of aryl methyl sites for hydroxylation is 1. The molecule has 1 saturated heterocycles. The first-order valence-electron chi connectivity index (χ1n) is 8.49. The van der Waals surface area contributed by atoms with Gasteiger partial charge in [0.25, 0.3) is 0 Å². The number of aromatic nitrogens is 1. The Balaban J connectivity index is 1.60. The molecule has 0 radical (unpaired) electrons. The average molecular weight is 326 g/mol. The lowest BCUT2D eigenvalue weighted by Gasteiger charge is -2.32. The van der Waals surface area contributed by atoms with E-state index >= 15 is 0 Å². The number of hydrogen-bond donors (Lipinski definition) is 2. The van der Waals surface area contributed by atoms with Crippen LogP contribution < -0.4 is 5.32 Å². The molecule has 5 nitrogen and oxygen atoms in total. The summed E-state index contributed by atoms with van der Waals surface area (Å²) >= 11 is 0. The van der Waals surface area contributed by atoms with E-state index in [1.54, 1.807) is 6.07 Å². The van der Waals surface area contributed by atoms with Crippen molar-refractivity contribution >= 4 is 5.69 Å². The maximum Gasteiger partial charge on any atom is 0.138 e. The predicted molar refractivity (Wildman–Crippen MR) is 97.2 cm³/mol. The topological polar surface area (TPSA) is 51.6 Å². The van der Waals surface area contributed by atoms with Gasteiger partial charge < -0.3 is 15.3 Å². The number of piperazine rings is 1. The molecule has 2 N–H and O–H groups in total. The molecule has 1 aliphatic heterocycles. The van der Waals surface area contributed by atoms with E-state index in [1.165, 1.54) is 5.56 Å². The number of aromatic hydroxyl groups is 1. The normalized spacial score (nSPS) is 16.2. The highest BCUT2D eigenvalue weighted by Crippen LogP contribution is 2.18. The molecule has 0 bridgehead atoms. The minimum absolute atomic E-state index is 0.238. The fourth-order valence-corrected chi connectivity index (χ4v) is 2.96. The van der Waals surface area contributed by atoms with Gasteiger partial charge in [-0.05, 0) is 43.8 Å². The molecule has 0 amide bonds. The van der Waals surface area contributed by atoms with Gasteiger partial charge in [0.15, 0.2) is 0 Å². The van der Waals surface area contributed by atoms with Crippen molar-refractivity contribution in [3.8, 4) is 5.75 Å². The van der Waals surface area contributed by atoms with Crippen LogP contribution in [0.15, 0.2) is 36.4 Å². The summed E-state index contributed by atoms with van der Waals surface area (Å²) in [4.78, 5) is 9.25. The highest BCUT2D eigenvalue weighted by Gasteiger charge is 2.13. The lowest BCUT2D eigenvalue weighted by Crippen LogP contribution is -2.43. The minimum Gasteiger partial charge on any atom is -0.506 e. The summed E-state index contributed by atoms with van der Waals surface area (Å²) in [6.07, 6.45) is 0. The molecule has 2 heterocycles. The summed E-state index contributed by atoms with van der Waals surface area (Å²) in [6.45, 7) is 7.94. The summed E-state index contributed by atoms with van der Waals surface area (Å²) < 4.78 is 0. The fourth-order valence-electron chi connectivity index (χ4n) is 2.96. The number of likely N-dealkylation sites (N-methyl/N-ethyl adjacent to an activating group) is 1. The van der Waals surface area contributed by atoms with E-state index in [9.17, 15) is 5.11 Å². The van der Waals surface area contributed by atoms with Gasteiger partial charge in [0.1, 0.15) is 11.4 Å². The number of pyridine rings is 1. The predicted octanol–water partition coefficient (Wildman–Crippen LogP) is 2.46. The van der Waals surface area contributed by atoms with Crippen molar-refractivity contribution in [1.82, 2.24) is 14.8 Å². The van der Waals surface area contributed by atoms with Crippen molar-refractivity contribution < 1.29 is 5.11 Å². The molecular weight excluding hydrogens is 300 g/mol. The maximum atomic E-state index is 9.89. The van der Waals surface area contributed by atoms with Gasteiger partial charge in [0.2, 0.25) is 0 Å². The van der Waals surface area contributed by atoms with Crippen LogP contribution in [0.5, 0.6) is 5.75 Å². The smallest absolute Gasteiger partial charge is 0.138 e. The number of rotatable bonds is 5. The summed E-state index contributed by atoms with van der Waals surface area (Å²) in [5.41, 5.74) is 3.96. The van der Waals surface area contributed by atoms with Gasteiger partial charge in [-0.1, -0.05) is 12.1 Å². The third kappa shape index (κ3) is 4.46. The standard InChI is InChI=1S/C19H26N4O/c1-15-6-7-19(24)18(21-15)13-20-17-5-3-4-16(12-17)14-23-10-8-22(2)9-11-23/h3-7,12,20,24H,8-11,13-14H2,1-2H3. The number of nitrogens with one attached hydrogen (secondary N) is 1. The zero-order valence-electron chi connectivity index (χ0n) is 14.5. The molecule has 24 heavy (non-hydrogen) atoms. The molecule has 0 atom stereocenters. The summed E-state index contributed by atoms with van der Waals surface area (Å²) in [6, 6.07) is 12.0. The van der Waals surface area contributed by atoms with Crippen molar-refractivity contribution in [3.05, 3.63) is 53.3 Å². The van der Waals surface area contributed by atoms with Crippen molar-refractivity contribution in [2.45, 2.75) is 20.0 Å². The maximum absolute atomic E-state index is 9.89. The van der Waals surface area contributed by atoms with E-state index in [1.807, 2.05) is 13.0 Å². The van der Waals surface area contributed by atoms with E-state index in [-0.39, 0.29) is 5.75 Å². The molecule has 2 aromatic rings. The largest absolute Gasteiger partial charge is 0.506 e. The van der Waals surface area contributed by atoms with Crippen LogP contribution in [0.4, 0.5) is 5.69 Å². The Morgan fingerprint density at radius 1 is 1.12 bits per heavy atom. The monoisotopic (exact) mass is 326 g/mol. The van der Waals surface area contributed by atoms with Crippen molar-refractivity contribution in [2.75, 3.05) is 38.5 Å². The first-order valence-corrected chi connectivity index (χ1v) is 8.49. The van der Waals surface area contributed by atoms with Crippen LogP contribution in [0, 0.1) is 6.92 Å². The Labute approximate surface area is 143 Å². The lowest BCUT2D eigenvalue weighted by atomic mass is 10.1. The zero-order chi connectivity index (χ0) is 16.9. The van der Waals surface area contributed by atoms with Crippen LogP contribution >= 0.6 is 0 Å². The first kappa shape index (κ1) is 16.7. The third-order valence-electron chi connectivity index (χ3n) is 4.48. The zero-order valence-corrected chi connectivity index (χ0v) is 14.5. The molecule has 3 rings (SSSR count). The highest BCUT2D eigenvalue weighted by atomic mass is 16.3. The van der Waals surface area contributed by atoms with Crippen LogP contribution in [0.2, 0.25) is 0 Å². The molecule has 128 valence electrons. The second-order valence-corrected chi connectivity index (χ2v) is 6.55. The number of anilines is 1. The van der Waals surface area contributed by atoms with Crippen LogP contribution in [-0.4, -0.2) is 53.1 Å². The molecule has 0 aliphatic carbocycles. The van der Waals surface area contributed by atoms with E-state index in [4.69, 9.17) is 0 Å². The third-order valence-corrected chi connectivity index (χ3v) is 4.48. The minimum atomic E-state index is 0.238. The molecule has 1 fully saturated rings. The van der Waals surface area contributed by atoms with Gasteiger partial charge in [-0.15, -0.1) is 0 Å². The van der Waals surface area contributed by atoms with Gasteiger partial charge in [0, 0.05) is 44.1 Å². The fraction of sp³-hybridized carbons (Fsp3) is 0.421. The van der Waals surface area contributed by atoms with E-state index in [2.05, 4.69) is 51.4 Å². The molecule has 1 aliphatic rings. The molecule has 0 spiro atoms. The Bertz CT molecular complexity index is 681. The molecule has 1 aromatic heterocycles. The Kier molecular flexibility index (Phi) is 5.33. The number of benzene rings is 1. The Hall–Kier alpha value is -2.11. The molecule has 0 saturated carbocycles. The van der Waals surface area contributed by atoms with Crippen molar-refractivity contribution in [1.29, 1.82) is 0 Å². The quantitative estimate of drug-likeness (QED) is 0.884. The SMILES string of the molecule is Cc1ccc(O)c(CNc2cccc(CN3CCN(C)CC3)c2)n1. The summed E-state index contributed by atoms with van der Waals surface area (Å²) in [5, 5.41) is 13.3. The van der Waals surface area contributed by atoms with Gasteiger partial charge in [-0.25, -0.2) is 0 Å². The van der Waals surface area contributed by atoms with Gasteiger partial charge in [-0.3, -0.25) is 9.88 Å². The second-order valence-electron chi connectivity index (χ2n) is 6.55. The van der Waals surface area contributed by atoms with E-state index in [0.717, 1.165) is 44.1 Å². The van der Waals surface area contributed by atoms with Crippen molar-refractivity contribution in [2.24, 2.45) is 0 Å². The second kappa shape index (κ2) is 7.64. The number of nitrogens with zero attached hydrogens (tertiary/aromatic N) is 3. The van der Waals surface area contributed by atoms with E-state index in [0.29, 0.717) is 12.2 Å². The molecule has 1 aromatic carbocycles. The van der Waals surface area contributed by atoms with Crippen LogP contribution in [0.3, 0.4) is 0 Å². The van der Waals surface area contributed by atoms with Crippen LogP contribution in [-0.2, 0) is 13.1 Å². The van der Waals surface area contributed by atoms with Crippen LogP contribution in [0.1, 0.15) is 17.0 Å². The van der Waals surface area contributed by atoms with Gasteiger partial charge in [0.05, 0.1) is 6.54 Å². The van der Waals surface area contributed by atoms with Crippen LogP contribution in [0.25, 0.3) is 0 Å². The first-order chi connectivity index (χ1) is 11.6. The van der Waals surface area contributed by atoms with Gasteiger partial charge in [-0.2, -0.15) is 0 Å². The Morgan fingerprint density at radius 2 is 1.92 bits per heavy atom.